The van der Waals surface area contributed by atoms with Gasteiger partial charge in [0.05, 0.1) is 0 Å². The van der Waals surface area contributed by atoms with E-state index in [4.69, 9.17) is 5.84 Å². The van der Waals surface area contributed by atoms with E-state index in [2.05, 4.69) is 53.4 Å². The molecule has 1 rings (SSSR count). The van der Waals surface area contributed by atoms with Crippen LogP contribution in [0, 0.1) is 5.92 Å². The molecule has 1 aromatic rings. The van der Waals surface area contributed by atoms with Crippen molar-refractivity contribution in [1.82, 2.24) is 5.43 Å². The predicted octanol–water partition coefficient (Wildman–Crippen LogP) is 3.42. The fourth-order valence-electron chi connectivity index (χ4n) is 1.40. The molecule has 0 bridgehead atoms. The first-order valence-electron chi connectivity index (χ1n) is 5.52. The molecule has 0 saturated heterocycles. The van der Waals surface area contributed by atoms with Crippen LogP contribution in [0.25, 0.3) is 0 Å². The van der Waals surface area contributed by atoms with Gasteiger partial charge in [0, 0.05) is 21.2 Å². The molecule has 16 heavy (non-hydrogen) atoms. The van der Waals surface area contributed by atoms with Gasteiger partial charge < -0.3 is 0 Å². The van der Waals surface area contributed by atoms with Gasteiger partial charge in [-0.25, -0.2) is 0 Å². The van der Waals surface area contributed by atoms with E-state index >= 15 is 0 Å². The molecule has 1 aromatic carbocycles. The molecule has 0 spiro atoms. The van der Waals surface area contributed by atoms with Crippen molar-refractivity contribution in [2.45, 2.75) is 31.2 Å². The summed E-state index contributed by atoms with van der Waals surface area (Å²) in [7, 11) is 0. The van der Waals surface area contributed by atoms with Gasteiger partial charge in [-0.3, -0.25) is 11.3 Å². The normalized spacial score (nSPS) is 14.8. The van der Waals surface area contributed by atoms with Gasteiger partial charge in [-0.15, -0.1) is 11.8 Å². The first-order valence-corrected chi connectivity index (χ1v) is 7.30. The highest BCUT2D eigenvalue weighted by molar-refractivity contribution is 9.10. The van der Waals surface area contributed by atoms with Crippen LogP contribution in [0.3, 0.4) is 0 Å². The number of nitrogens with two attached hydrogens (primary N) is 1. The predicted molar refractivity (Wildman–Crippen MR) is 75.4 cm³/mol. The third-order valence-electron chi connectivity index (χ3n) is 2.80. The van der Waals surface area contributed by atoms with Crippen LogP contribution < -0.4 is 11.3 Å². The van der Waals surface area contributed by atoms with Crippen LogP contribution in [0.2, 0.25) is 0 Å². The highest BCUT2D eigenvalue weighted by Gasteiger charge is 2.14. The quantitative estimate of drug-likeness (QED) is 0.480. The highest BCUT2D eigenvalue weighted by Crippen LogP contribution is 2.28. The SMILES string of the molecule is CCC(C)C(CSc1ccccc1Br)NN. The number of halogens is 1. The minimum Gasteiger partial charge on any atom is -0.271 e. The van der Waals surface area contributed by atoms with E-state index < -0.39 is 0 Å². The second kappa shape index (κ2) is 7.33. The number of rotatable bonds is 6. The Hall–Kier alpha value is -0.0300. The summed E-state index contributed by atoms with van der Waals surface area (Å²) in [4.78, 5) is 1.27. The summed E-state index contributed by atoms with van der Waals surface area (Å²) in [5.41, 5.74) is 2.91. The van der Waals surface area contributed by atoms with E-state index in [0.29, 0.717) is 12.0 Å². The smallest absolute Gasteiger partial charge is 0.0330 e. The molecule has 2 nitrogen and oxygen atoms in total. The minimum atomic E-state index is 0.363. The van der Waals surface area contributed by atoms with Gasteiger partial charge in [-0.05, 0) is 34.0 Å². The Bertz CT molecular complexity index is 320. The third-order valence-corrected chi connectivity index (χ3v) is 4.95. The van der Waals surface area contributed by atoms with E-state index in [1.807, 2.05) is 17.8 Å². The Morgan fingerprint density at radius 3 is 2.69 bits per heavy atom. The molecule has 0 saturated carbocycles. The molecule has 0 aliphatic heterocycles. The van der Waals surface area contributed by atoms with Crippen molar-refractivity contribution < 1.29 is 0 Å². The molecule has 0 fully saturated rings. The monoisotopic (exact) mass is 302 g/mol. The van der Waals surface area contributed by atoms with Gasteiger partial charge in [-0.2, -0.15) is 0 Å². The van der Waals surface area contributed by atoms with Crippen LogP contribution in [0.1, 0.15) is 20.3 Å². The molecule has 0 aliphatic rings. The number of hydrogen-bond acceptors (Lipinski definition) is 3. The lowest BCUT2D eigenvalue weighted by Crippen LogP contribution is -2.41. The molecular formula is C12H19BrN2S. The Morgan fingerprint density at radius 2 is 2.12 bits per heavy atom. The van der Waals surface area contributed by atoms with Crippen LogP contribution >= 0.6 is 27.7 Å². The highest BCUT2D eigenvalue weighted by atomic mass is 79.9. The fraction of sp³-hybridized carbons (Fsp3) is 0.500. The summed E-state index contributed by atoms with van der Waals surface area (Å²) in [5, 5.41) is 0. The van der Waals surface area contributed by atoms with Crippen LogP contribution in [0.15, 0.2) is 33.6 Å². The van der Waals surface area contributed by atoms with Crippen molar-refractivity contribution in [2.24, 2.45) is 11.8 Å². The molecule has 90 valence electrons. The Kier molecular flexibility index (Phi) is 6.43. The van der Waals surface area contributed by atoms with Gasteiger partial charge >= 0.3 is 0 Å². The maximum Gasteiger partial charge on any atom is 0.0330 e. The molecular weight excluding hydrogens is 284 g/mol. The largest absolute Gasteiger partial charge is 0.271 e. The standard InChI is InChI=1S/C12H19BrN2S/c1-3-9(2)11(15-14)8-16-12-7-5-4-6-10(12)13/h4-7,9,11,15H,3,8,14H2,1-2H3. The zero-order chi connectivity index (χ0) is 12.0. The fourth-order valence-corrected chi connectivity index (χ4v) is 3.20. The van der Waals surface area contributed by atoms with Gasteiger partial charge in [-0.1, -0.05) is 32.4 Å². The average Bonchev–Trinajstić information content (AvgIpc) is 2.31. The number of hydrazine groups is 1. The van der Waals surface area contributed by atoms with Crippen molar-refractivity contribution in [3.8, 4) is 0 Å². The number of nitrogens with one attached hydrogen (secondary N) is 1. The molecule has 0 radical (unpaired) electrons. The van der Waals surface area contributed by atoms with E-state index in [1.54, 1.807) is 0 Å². The van der Waals surface area contributed by atoms with Gasteiger partial charge in [0.25, 0.3) is 0 Å². The molecule has 2 atom stereocenters. The van der Waals surface area contributed by atoms with Crippen molar-refractivity contribution in [1.29, 1.82) is 0 Å². The van der Waals surface area contributed by atoms with Crippen molar-refractivity contribution in [3.63, 3.8) is 0 Å². The van der Waals surface area contributed by atoms with E-state index in [0.717, 1.165) is 16.6 Å². The summed E-state index contributed by atoms with van der Waals surface area (Å²) in [6.45, 7) is 4.42. The van der Waals surface area contributed by atoms with Crippen LogP contribution in [-0.2, 0) is 0 Å². The first-order chi connectivity index (χ1) is 7.69. The lowest BCUT2D eigenvalue weighted by atomic mass is 10.0. The third kappa shape index (κ3) is 4.09. The van der Waals surface area contributed by atoms with E-state index in [9.17, 15) is 0 Å². The van der Waals surface area contributed by atoms with Crippen molar-refractivity contribution >= 4 is 27.7 Å². The molecule has 0 amide bonds. The first kappa shape index (κ1) is 14.0. The Labute approximate surface area is 110 Å². The Morgan fingerprint density at radius 1 is 1.44 bits per heavy atom. The van der Waals surface area contributed by atoms with E-state index in [1.165, 1.54) is 4.90 Å². The van der Waals surface area contributed by atoms with Crippen LogP contribution in [-0.4, -0.2) is 11.8 Å². The Balaban J connectivity index is 2.53. The number of benzene rings is 1. The number of thioether (sulfide) groups is 1. The summed E-state index contributed by atoms with van der Waals surface area (Å²) >= 11 is 5.38. The number of hydrogen-bond donors (Lipinski definition) is 2. The van der Waals surface area contributed by atoms with Gasteiger partial charge in [0.2, 0.25) is 0 Å². The van der Waals surface area contributed by atoms with Crippen molar-refractivity contribution in [3.05, 3.63) is 28.7 Å². The van der Waals surface area contributed by atoms with Crippen LogP contribution in [0.4, 0.5) is 0 Å². The minimum absolute atomic E-state index is 0.363. The second-order valence-electron chi connectivity index (χ2n) is 3.90. The topological polar surface area (TPSA) is 38.0 Å². The summed E-state index contributed by atoms with van der Waals surface area (Å²) in [5.74, 6) is 7.17. The zero-order valence-corrected chi connectivity index (χ0v) is 12.1. The van der Waals surface area contributed by atoms with Crippen molar-refractivity contribution in [2.75, 3.05) is 5.75 Å². The maximum atomic E-state index is 5.58. The zero-order valence-electron chi connectivity index (χ0n) is 9.74. The molecule has 0 heterocycles. The summed E-state index contributed by atoms with van der Waals surface area (Å²) in [6.07, 6.45) is 1.14. The van der Waals surface area contributed by atoms with Crippen LogP contribution in [0.5, 0.6) is 0 Å². The molecule has 0 aliphatic carbocycles. The molecule has 3 N–H and O–H groups in total. The second-order valence-corrected chi connectivity index (χ2v) is 5.82. The molecule has 0 aromatic heterocycles. The molecule has 4 heteroatoms. The van der Waals surface area contributed by atoms with Gasteiger partial charge in [0.1, 0.15) is 0 Å². The summed E-state index contributed by atoms with van der Waals surface area (Å²) in [6, 6.07) is 8.64. The lowest BCUT2D eigenvalue weighted by molar-refractivity contribution is 0.403. The van der Waals surface area contributed by atoms with E-state index in [-0.39, 0.29) is 0 Å². The lowest BCUT2D eigenvalue weighted by Gasteiger charge is -2.21. The van der Waals surface area contributed by atoms with Gasteiger partial charge in [0.15, 0.2) is 0 Å². The average molecular weight is 303 g/mol. The molecule has 2 unspecified atom stereocenters. The maximum absolute atomic E-state index is 5.58. The summed E-state index contributed by atoms with van der Waals surface area (Å²) < 4.78 is 1.15.